The van der Waals surface area contributed by atoms with Crippen LogP contribution in [0.5, 0.6) is 5.88 Å². The number of nitrogens with zero attached hydrogens (tertiary/aromatic N) is 2. The number of rotatable bonds is 3. The van der Waals surface area contributed by atoms with Crippen LogP contribution >= 0.6 is 11.6 Å². The number of halogens is 1. The third-order valence-electron chi connectivity index (χ3n) is 2.19. The van der Waals surface area contributed by atoms with Gasteiger partial charge in [0.05, 0.1) is 6.10 Å². The highest BCUT2D eigenvalue weighted by Crippen LogP contribution is 2.30. The van der Waals surface area contributed by atoms with Crippen molar-refractivity contribution in [2.24, 2.45) is 5.84 Å². The van der Waals surface area contributed by atoms with E-state index in [-0.39, 0.29) is 6.10 Å². The summed E-state index contributed by atoms with van der Waals surface area (Å²) in [6, 6.07) is 5.39. The molecule has 0 spiro atoms. The molecule has 0 radical (unpaired) electrons. The summed E-state index contributed by atoms with van der Waals surface area (Å²) in [4.78, 5) is 0. The Morgan fingerprint density at radius 2 is 2.06 bits per heavy atom. The smallest absolute Gasteiger partial charge is 0.241 e. The van der Waals surface area contributed by atoms with E-state index < -0.39 is 0 Å². The molecule has 0 saturated carbocycles. The third kappa shape index (κ3) is 2.40. The van der Waals surface area contributed by atoms with E-state index in [1.165, 1.54) is 0 Å². The lowest BCUT2D eigenvalue weighted by Crippen LogP contribution is -2.12. The molecule has 0 bridgehead atoms. The molecule has 0 unspecified atom stereocenters. The first kappa shape index (κ1) is 11.9. The number of hydrogen-bond acceptors (Lipinski definition) is 5. The van der Waals surface area contributed by atoms with Crippen LogP contribution in [-0.4, -0.2) is 16.3 Å². The van der Waals surface area contributed by atoms with E-state index in [1.54, 1.807) is 12.1 Å². The molecule has 0 aliphatic carbocycles. The van der Waals surface area contributed by atoms with Gasteiger partial charge in [0.2, 0.25) is 5.88 Å². The zero-order chi connectivity index (χ0) is 12.4. The second-order valence-corrected chi connectivity index (χ2v) is 4.29. The summed E-state index contributed by atoms with van der Waals surface area (Å²) >= 11 is 5.95. The maximum absolute atomic E-state index is 5.95. The molecule has 2 rings (SSSR count). The van der Waals surface area contributed by atoms with Gasteiger partial charge in [-0.05, 0) is 32.0 Å². The zero-order valence-corrected chi connectivity index (χ0v) is 10.3. The van der Waals surface area contributed by atoms with E-state index in [9.17, 15) is 0 Å². The maximum Gasteiger partial charge on any atom is 0.241 e. The number of fused-ring (bicyclic) bond motifs is 1. The Labute approximate surface area is 104 Å². The molecule has 17 heavy (non-hydrogen) atoms. The molecule has 6 heteroatoms. The summed E-state index contributed by atoms with van der Waals surface area (Å²) in [5.41, 5.74) is 2.49. The van der Waals surface area contributed by atoms with Gasteiger partial charge in [0.15, 0.2) is 5.82 Å². The van der Waals surface area contributed by atoms with Crippen LogP contribution in [0.25, 0.3) is 10.8 Å². The molecule has 0 aliphatic rings. The average Bonchev–Trinajstić information content (AvgIpc) is 2.28. The second kappa shape index (κ2) is 4.73. The van der Waals surface area contributed by atoms with Gasteiger partial charge in [-0.2, -0.15) is 0 Å². The van der Waals surface area contributed by atoms with Crippen LogP contribution in [0, 0.1) is 0 Å². The van der Waals surface area contributed by atoms with Gasteiger partial charge in [-0.25, -0.2) is 5.84 Å². The Bertz CT molecular complexity index is 544. The van der Waals surface area contributed by atoms with Crippen molar-refractivity contribution in [1.29, 1.82) is 0 Å². The minimum atomic E-state index is 0.0277. The highest BCUT2D eigenvalue weighted by Gasteiger charge is 2.11. The van der Waals surface area contributed by atoms with Gasteiger partial charge in [0.25, 0.3) is 0 Å². The molecule has 2 aromatic rings. The summed E-state index contributed by atoms with van der Waals surface area (Å²) in [6.45, 7) is 3.86. The zero-order valence-electron chi connectivity index (χ0n) is 9.57. The van der Waals surface area contributed by atoms with Crippen molar-refractivity contribution in [3.05, 3.63) is 23.2 Å². The molecule has 3 N–H and O–H groups in total. The number of anilines is 1. The van der Waals surface area contributed by atoms with Crippen molar-refractivity contribution in [3.8, 4) is 5.88 Å². The minimum absolute atomic E-state index is 0.0277. The highest BCUT2D eigenvalue weighted by molar-refractivity contribution is 6.31. The number of benzene rings is 1. The lowest BCUT2D eigenvalue weighted by atomic mass is 10.2. The van der Waals surface area contributed by atoms with Gasteiger partial charge >= 0.3 is 0 Å². The monoisotopic (exact) mass is 252 g/mol. The fourth-order valence-electron chi connectivity index (χ4n) is 1.52. The number of nitrogens with one attached hydrogen (secondary N) is 1. The fourth-order valence-corrected chi connectivity index (χ4v) is 1.69. The van der Waals surface area contributed by atoms with Gasteiger partial charge in [0, 0.05) is 15.8 Å². The SMILES string of the molecule is CC(C)Oc1nnc(NN)c2cc(Cl)ccc12. The Balaban J connectivity index is 2.64. The van der Waals surface area contributed by atoms with E-state index >= 15 is 0 Å². The van der Waals surface area contributed by atoms with Crippen LogP contribution in [0.4, 0.5) is 5.82 Å². The first-order valence-electron chi connectivity index (χ1n) is 5.21. The predicted molar refractivity (Wildman–Crippen MR) is 68.1 cm³/mol. The number of hydrogen-bond donors (Lipinski definition) is 2. The van der Waals surface area contributed by atoms with Crippen LogP contribution in [0.1, 0.15) is 13.8 Å². The maximum atomic E-state index is 5.95. The van der Waals surface area contributed by atoms with Crippen molar-refractivity contribution in [2.45, 2.75) is 20.0 Å². The van der Waals surface area contributed by atoms with Gasteiger partial charge in [0.1, 0.15) is 0 Å². The van der Waals surface area contributed by atoms with Gasteiger partial charge in [-0.1, -0.05) is 11.6 Å². The Morgan fingerprint density at radius 1 is 1.29 bits per heavy atom. The van der Waals surface area contributed by atoms with Gasteiger partial charge in [-0.3, -0.25) is 0 Å². The van der Waals surface area contributed by atoms with Crippen molar-refractivity contribution in [1.82, 2.24) is 10.2 Å². The number of nitrogens with two attached hydrogens (primary N) is 1. The minimum Gasteiger partial charge on any atom is -0.473 e. The molecule has 0 aliphatic heterocycles. The van der Waals surface area contributed by atoms with Crippen molar-refractivity contribution >= 4 is 28.2 Å². The van der Waals surface area contributed by atoms with Crippen LogP contribution in [-0.2, 0) is 0 Å². The van der Waals surface area contributed by atoms with E-state index in [2.05, 4.69) is 15.6 Å². The van der Waals surface area contributed by atoms with Gasteiger partial charge < -0.3 is 10.2 Å². The second-order valence-electron chi connectivity index (χ2n) is 3.85. The van der Waals surface area contributed by atoms with Crippen molar-refractivity contribution < 1.29 is 4.74 Å². The molecule has 90 valence electrons. The van der Waals surface area contributed by atoms with E-state index in [4.69, 9.17) is 22.2 Å². The first-order chi connectivity index (χ1) is 8.11. The van der Waals surface area contributed by atoms with Crippen LogP contribution < -0.4 is 16.0 Å². The predicted octanol–water partition coefficient (Wildman–Crippen LogP) is 2.36. The van der Waals surface area contributed by atoms with Gasteiger partial charge in [-0.15, -0.1) is 10.2 Å². The molecule has 5 nitrogen and oxygen atoms in total. The molecule has 1 aromatic carbocycles. The largest absolute Gasteiger partial charge is 0.473 e. The average molecular weight is 253 g/mol. The molecular formula is C11H13ClN4O. The number of hydrazine groups is 1. The number of aromatic nitrogens is 2. The number of ether oxygens (including phenoxy) is 1. The lowest BCUT2D eigenvalue weighted by molar-refractivity contribution is 0.233. The Morgan fingerprint density at radius 3 is 2.71 bits per heavy atom. The third-order valence-corrected chi connectivity index (χ3v) is 2.43. The molecule has 1 aromatic heterocycles. The summed E-state index contributed by atoms with van der Waals surface area (Å²) in [7, 11) is 0. The van der Waals surface area contributed by atoms with Crippen LogP contribution in [0.3, 0.4) is 0 Å². The van der Waals surface area contributed by atoms with Crippen LogP contribution in [0.15, 0.2) is 18.2 Å². The fraction of sp³-hybridized carbons (Fsp3) is 0.273. The molecule has 0 fully saturated rings. The van der Waals surface area contributed by atoms with E-state index in [0.717, 1.165) is 10.8 Å². The highest BCUT2D eigenvalue weighted by atomic mass is 35.5. The summed E-state index contributed by atoms with van der Waals surface area (Å²) < 4.78 is 5.58. The van der Waals surface area contributed by atoms with Crippen molar-refractivity contribution in [2.75, 3.05) is 5.43 Å². The summed E-state index contributed by atoms with van der Waals surface area (Å²) in [5.74, 6) is 6.33. The molecule has 0 atom stereocenters. The Kier molecular flexibility index (Phi) is 3.31. The Hall–Kier alpha value is -1.59. The number of nitrogen functional groups attached to an aromatic ring is 1. The molecule has 1 heterocycles. The summed E-state index contributed by atoms with van der Waals surface area (Å²) in [5, 5.41) is 10.2. The van der Waals surface area contributed by atoms with E-state index in [0.29, 0.717) is 16.7 Å². The molecular weight excluding hydrogens is 240 g/mol. The first-order valence-corrected chi connectivity index (χ1v) is 5.59. The van der Waals surface area contributed by atoms with Crippen molar-refractivity contribution in [3.63, 3.8) is 0 Å². The standard InChI is InChI=1S/C11H13ClN4O/c1-6(2)17-11-8-4-3-7(12)5-9(8)10(14-13)15-16-11/h3-6H,13H2,1-2H3,(H,14,15). The quantitative estimate of drug-likeness (QED) is 0.648. The molecule has 0 saturated heterocycles. The van der Waals surface area contributed by atoms with Crippen LogP contribution in [0.2, 0.25) is 5.02 Å². The normalized spacial score (nSPS) is 10.9. The van der Waals surface area contributed by atoms with E-state index in [1.807, 2.05) is 19.9 Å². The molecule has 0 amide bonds. The lowest BCUT2D eigenvalue weighted by Gasteiger charge is -2.12. The summed E-state index contributed by atoms with van der Waals surface area (Å²) in [6.07, 6.45) is 0.0277. The topological polar surface area (TPSA) is 73.1 Å².